The van der Waals surface area contributed by atoms with Crippen LogP contribution in [0.15, 0.2) is 41.9 Å². The van der Waals surface area contributed by atoms with Gasteiger partial charge >= 0.3 is 0 Å². The van der Waals surface area contributed by atoms with Gasteiger partial charge in [-0.25, -0.2) is 0 Å². The standard InChI is InChI=1S/C15H15N3OS/c1-10(13-7-4-8-20-13)18(2)15(19)12-6-3-5-11-9-16-17-14(11)12/h3-10H,1-2H3,(H,16,17). The maximum atomic E-state index is 12.7. The molecule has 0 saturated heterocycles. The van der Waals surface area contributed by atoms with Gasteiger partial charge in [0.2, 0.25) is 0 Å². The van der Waals surface area contributed by atoms with Crippen molar-refractivity contribution in [2.24, 2.45) is 0 Å². The van der Waals surface area contributed by atoms with Gasteiger partial charge in [0.1, 0.15) is 0 Å². The van der Waals surface area contributed by atoms with E-state index in [9.17, 15) is 4.79 Å². The third-order valence-corrected chi connectivity index (χ3v) is 4.61. The third kappa shape index (κ3) is 2.10. The van der Waals surface area contributed by atoms with Crippen LogP contribution in [0.3, 0.4) is 0 Å². The summed E-state index contributed by atoms with van der Waals surface area (Å²) in [5, 5.41) is 9.89. The number of carbonyl (C=O) groups excluding carboxylic acids is 1. The van der Waals surface area contributed by atoms with Crippen LogP contribution in [0.5, 0.6) is 0 Å². The third-order valence-electron chi connectivity index (χ3n) is 3.56. The second-order valence-electron chi connectivity index (χ2n) is 4.75. The summed E-state index contributed by atoms with van der Waals surface area (Å²) in [4.78, 5) is 15.6. The average Bonchev–Trinajstić information content (AvgIpc) is 3.14. The zero-order valence-corrected chi connectivity index (χ0v) is 12.1. The largest absolute Gasteiger partial charge is 0.334 e. The van der Waals surface area contributed by atoms with Crippen molar-refractivity contribution in [3.63, 3.8) is 0 Å². The molecule has 4 nitrogen and oxygen atoms in total. The predicted octanol–water partition coefficient (Wildman–Crippen LogP) is 3.46. The molecule has 1 amide bonds. The second-order valence-corrected chi connectivity index (χ2v) is 5.73. The van der Waals surface area contributed by atoms with Crippen molar-refractivity contribution < 1.29 is 4.79 Å². The Bertz CT molecular complexity index is 733. The lowest BCUT2D eigenvalue weighted by molar-refractivity contribution is 0.0746. The van der Waals surface area contributed by atoms with E-state index >= 15 is 0 Å². The first-order valence-corrected chi connectivity index (χ1v) is 7.29. The van der Waals surface area contributed by atoms with E-state index in [0.29, 0.717) is 5.56 Å². The van der Waals surface area contributed by atoms with Crippen molar-refractivity contribution in [2.45, 2.75) is 13.0 Å². The number of para-hydroxylation sites is 1. The minimum atomic E-state index is 0.000694. The number of H-pyrrole nitrogens is 1. The fourth-order valence-electron chi connectivity index (χ4n) is 2.23. The summed E-state index contributed by atoms with van der Waals surface area (Å²) >= 11 is 1.66. The molecular formula is C15H15N3OS. The van der Waals surface area contributed by atoms with Gasteiger partial charge in [-0.1, -0.05) is 18.2 Å². The summed E-state index contributed by atoms with van der Waals surface area (Å²) in [7, 11) is 1.84. The van der Waals surface area contributed by atoms with Crippen LogP contribution < -0.4 is 0 Å². The van der Waals surface area contributed by atoms with Gasteiger partial charge in [0.15, 0.2) is 0 Å². The monoisotopic (exact) mass is 285 g/mol. The molecule has 2 heterocycles. The van der Waals surface area contributed by atoms with Crippen LogP contribution in [0, 0.1) is 0 Å². The molecule has 1 N–H and O–H groups in total. The maximum absolute atomic E-state index is 12.7. The highest BCUT2D eigenvalue weighted by molar-refractivity contribution is 7.10. The Labute approximate surface area is 121 Å². The molecule has 3 rings (SSSR count). The van der Waals surface area contributed by atoms with Gasteiger partial charge in [-0.05, 0) is 24.4 Å². The van der Waals surface area contributed by atoms with Crippen molar-refractivity contribution in [1.29, 1.82) is 0 Å². The van der Waals surface area contributed by atoms with Crippen LogP contribution in [0.2, 0.25) is 0 Å². The molecule has 0 aliphatic rings. The van der Waals surface area contributed by atoms with Gasteiger partial charge in [-0.15, -0.1) is 11.3 Å². The van der Waals surface area contributed by atoms with Crippen LogP contribution >= 0.6 is 11.3 Å². The Hall–Kier alpha value is -2.14. The topological polar surface area (TPSA) is 49.0 Å². The molecule has 0 radical (unpaired) electrons. The SMILES string of the molecule is CC(c1cccs1)N(C)C(=O)c1cccc2cn[nH]c12. The molecule has 0 saturated carbocycles. The molecule has 102 valence electrons. The van der Waals surface area contributed by atoms with Gasteiger partial charge in [0, 0.05) is 17.3 Å². The predicted molar refractivity (Wildman–Crippen MR) is 80.9 cm³/mol. The fraction of sp³-hybridized carbons (Fsp3) is 0.200. The Kier molecular flexibility index (Phi) is 3.28. The number of rotatable bonds is 3. The van der Waals surface area contributed by atoms with Crippen LogP contribution in [-0.2, 0) is 0 Å². The molecule has 3 aromatic rings. The zero-order valence-electron chi connectivity index (χ0n) is 11.3. The highest BCUT2D eigenvalue weighted by atomic mass is 32.1. The molecule has 0 aliphatic heterocycles. The van der Waals surface area contributed by atoms with E-state index in [0.717, 1.165) is 10.9 Å². The first-order valence-electron chi connectivity index (χ1n) is 6.41. The van der Waals surface area contributed by atoms with Crippen LogP contribution in [0.1, 0.15) is 28.2 Å². The lowest BCUT2D eigenvalue weighted by Crippen LogP contribution is -2.29. The minimum absolute atomic E-state index is 0.000694. The van der Waals surface area contributed by atoms with E-state index in [-0.39, 0.29) is 11.9 Å². The van der Waals surface area contributed by atoms with Gasteiger partial charge < -0.3 is 4.90 Å². The summed E-state index contributed by atoms with van der Waals surface area (Å²) < 4.78 is 0. The average molecular weight is 285 g/mol. The number of nitrogens with one attached hydrogen (secondary N) is 1. The summed E-state index contributed by atoms with van der Waals surface area (Å²) in [6.45, 7) is 2.04. The quantitative estimate of drug-likeness (QED) is 0.801. The number of fused-ring (bicyclic) bond motifs is 1. The summed E-state index contributed by atoms with van der Waals surface area (Å²) in [6.07, 6.45) is 1.73. The molecule has 1 aromatic carbocycles. The van der Waals surface area contributed by atoms with Crippen LogP contribution in [0.4, 0.5) is 0 Å². The number of amides is 1. The Balaban J connectivity index is 1.94. The highest BCUT2D eigenvalue weighted by Gasteiger charge is 2.21. The van der Waals surface area contributed by atoms with Crippen molar-refractivity contribution in [1.82, 2.24) is 15.1 Å². The maximum Gasteiger partial charge on any atom is 0.256 e. The second kappa shape index (κ2) is 5.09. The number of thiophene rings is 1. The number of hydrogen-bond donors (Lipinski definition) is 1. The first-order chi connectivity index (χ1) is 9.68. The van der Waals surface area contributed by atoms with Gasteiger partial charge in [0.05, 0.1) is 23.3 Å². The molecule has 0 fully saturated rings. The lowest BCUT2D eigenvalue weighted by Gasteiger charge is -2.24. The van der Waals surface area contributed by atoms with Gasteiger partial charge in [-0.2, -0.15) is 5.10 Å². The lowest BCUT2D eigenvalue weighted by atomic mass is 10.1. The van der Waals surface area contributed by atoms with E-state index in [1.54, 1.807) is 22.4 Å². The number of carbonyl (C=O) groups is 1. The molecule has 1 unspecified atom stereocenters. The number of aromatic nitrogens is 2. The van der Waals surface area contributed by atoms with Crippen LogP contribution in [0.25, 0.3) is 10.9 Å². The summed E-state index contributed by atoms with van der Waals surface area (Å²) in [6, 6.07) is 9.77. The van der Waals surface area contributed by atoms with E-state index in [1.165, 1.54) is 4.88 Å². The first kappa shape index (κ1) is 12.9. The molecule has 20 heavy (non-hydrogen) atoms. The molecule has 0 aliphatic carbocycles. The molecule has 0 bridgehead atoms. The van der Waals surface area contributed by atoms with Crippen LogP contribution in [-0.4, -0.2) is 28.1 Å². The van der Waals surface area contributed by atoms with Crippen molar-refractivity contribution in [2.75, 3.05) is 7.05 Å². The number of benzene rings is 1. The Morgan fingerprint density at radius 3 is 2.95 bits per heavy atom. The van der Waals surface area contributed by atoms with E-state index in [2.05, 4.69) is 16.3 Å². The molecule has 5 heteroatoms. The summed E-state index contributed by atoms with van der Waals surface area (Å²) in [5.41, 5.74) is 1.45. The molecular weight excluding hydrogens is 270 g/mol. The van der Waals surface area contributed by atoms with Crippen molar-refractivity contribution in [3.05, 3.63) is 52.3 Å². The highest BCUT2D eigenvalue weighted by Crippen LogP contribution is 2.26. The van der Waals surface area contributed by atoms with E-state index < -0.39 is 0 Å². The molecule has 0 spiro atoms. The number of nitrogens with zero attached hydrogens (tertiary/aromatic N) is 2. The molecule has 1 atom stereocenters. The number of hydrogen-bond acceptors (Lipinski definition) is 3. The Morgan fingerprint density at radius 2 is 2.20 bits per heavy atom. The van der Waals surface area contributed by atoms with E-state index in [1.807, 2.05) is 43.6 Å². The Morgan fingerprint density at radius 1 is 1.35 bits per heavy atom. The normalized spacial score (nSPS) is 12.5. The van der Waals surface area contributed by atoms with Gasteiger partial charge in [-0.3, -0.25) is 9.89 Å². The molecule has 2 aromatic heterocycles. The van der Waals surface area contributed by atoms with E-state index in [4.69, 9.17) is 0 Å². The van der Waals surface area contributed by atoms with Gasteiger partial charge in [0.25, 0.3) is 5.91 Å². The fourth-order valence-corrected chi connectivity index (χ4v) is 3.06. The van der Waals surface area contributed by atoms with Crippen molar-refractivity contribution >= 4 is 28.1 Å². The number of aromatic amines is 1. The minimum Gasteiger partial charge on any atom is -0.334 e. The summed E-state index contributed by atoms with van der Waals surface area (Å²) in [5.74, 6) is 0.000694. The smallest absolute Gasteiger partial charge is 0.256 e. The zero-order chi connectivity index (χ0) is 14.1. The van der Waals surface area contributed by atoms with Crippen molar-refractivity contribution in [3.8, 4) is 0 Å².